The summed E-state index contributed by atoms with van der Waals surface area (Å²) in [6.45, 7) is 10.7. The highest BCUT2D eigenvalue weighted by Crippen LogP contribution is 1.96. The van der Waals surface area contributed by atoms with Crippen LogP contribution in [0, 0.1) is 24.2 Å². The standard InChI is InChI=1S/C12H24N2/c1-6-7-14(5)10-12(4)9-13-8-11(2)3/h1,11-13H,7-10H2,2-5H3. The van der Waals surface area contributed by atoms with Crippen LogP contribution in [-0.2, 0) is 0 Å². The van der Waals surface area contributed by atoms with Gasteiger partial charge in [0.2, 0.25) is 0 Å². The van der Waals surface area contributed by atoms with Crippen LogP contribution < -0.4 is 5.32 Å². The Hall–Kier alpha value is -0.520. The molecule has 0 amide bonds. The summed E-state index contributed by atoms with van der Waals surface area (Å²) in [4.78, 5) is 2.18. The van der Waals surface area contributed by atoms with Gasteiger partial charge in [0, 0.05) is 6.54 Å². The Labute approximate surface area is 89.1 Å². The summed E-state index contributed by atoms with van der Waals surface area (Å²) in [7, 11) is 2.07. The van der Waals surface area contributed by atoms with E-state index < -0.39 is 0 Å². The minimum Gasteiger partial charge on any atom is -0.316 e. The molecular weight excluding hydrogens is 172 g/mol. The van der Waals surface area contributed by atoms with Gasteiger partial charge < -0.3 is 5.32 Å². The lowest BCUT2D eigenvalue weighted by Gasteiger charge is -2.19. The second-order valence-corrected chi connectivity index (χ2v) is 4.56. The van der Waals surface area contributed by atoms with Crippen LogP contribution in [0.3, 0.4) is 0 Å². The van der Waals surface area contributed by atoms with E-state index in [1.165, 1.54) is 0 Å². The summed E-state index contributed by atoms with van der Waals surface area (Å²) in [6, 6.07) is 0. The lowest BCUT2D eigenvalue weighted by atomic mass is 10.1. The van der Waals surface area contributed by atoms with Crippen molar-refractivity contribution in [2.45, 2.75) is 20.8 Å². The first-order valence-corrected chi connectivity index (χ1v) is 5.39. The van der Waals surface area contributed by atoms with Gasteiger partial charge in [0.05, 0.1) is 6.54 Å². The van der Waals surface area contributed by atoms with Crippen molar-refractivity contribution >= 4 is 0 Å². The minimum atomic E-state index is 0.659. The molecule has 0 aromatic rings. The number of terminal acetylenes is 1. The summed E-state index contributed by atoms with van der Waals surface area (Å²) < 4.78 is 0. The predicted molar refractivity (Wildman–Crippen MR) is 63.2 cm³/mol. The van der Waals surface area contributed by atoms with Gasteiger partial charge in [-0.25, -0.2) is 0 Å². The van der Waals surface area contributed by atoms with Crippen LogP contribution in [0.1, 0.15) is 20.8 Å². The van der Waals surface area contributed by atoms with Crippen LogP contribution in [-0.4, -0.2) is 38.1 Å². The van der Waals surface area contributed by atoms with Gasteiger partial charge in [0.1, 0.15) is 0 Å². The van der Waals surface area contributed by atoms with E-state index >= 15 is 0 Å². The third-order valence-corrected chi connectivity index (χ3v) is 2.03. The SMILES string of the molecule is C#CCN(C)CC(C)CNCC(C)C. The van der Waals surface area contributed by atoms with Crippen molar-refractivity contribution < 1.29 is 0 Å². The second kappa shape index (κ2) is 7.84. The van der Waals surface area contributed by atoms with Crippen molar-refractivity contribution in [2.24, 2.45) is 11.8 Å². The van der Waals surface area contributed by atoms with E-state index in [2.05, 4.69) is 44.0 Å². The predicted octanol–water partition coefficient (Wildman–Crippen LogP) is 1.43. The van der Waals surface area contributed by atoms with Crippen molar-refractivity contribution in [1.29, 1.82) is 0 Å². The largest absolute Gasteiger partial charge is 0.316 e. The minimum absolute atomic E-state index is 0.659. The molecule has 2 nitrogen and oxygen atoms in total. The Morgan fingerprint density at radius 2 is 1.93 bits per heavy atom. The Balaban J connectivity index is 3.45. The molecule has 0 fully saturated rings. The van der Waals surface area contributed by atoms with Gasteiger partial charge in [-0.2, -0.15) is 0 Å². The Kier molecular flexibility index (Phi) is 7.55. The number of nitrogens with zero attached hydrogens (tertiary/aromatic N) is 1. The van der Waals surface area contributed by atoms with Crippen LogP contribution >= 0.6 is 0 Å². The second-order valence-electron chi connectivity index (χ2n) is 4.56. The average Bonchev–Trinajstić information content (AvgIpc) is 2.03. The molecule has 0 saturated heterocycles. The summed E-state index contributed by atoms with van der Waals surface area (Å²) in [6.07, 6.45) is 5.24. The van der Waals surface area contributed by atoms with E-state index in [-0.39, 0.29) is 0 Å². The molecule has 14 heavy (non-hydrogen) atoms. The summed E-state index contributed by atoms with van der Waals surface area (Å²) >= 11 is 0. The van der Waals surface area contributed by atoms with Gasteiger partial charge in [-0.3, -0.25) is 4.90 Å². The van der Waals surface area contributed by atoms with Crippen molar-refractivity contribution in [1.82, 2.24) is 10.2 Å². The molecule has 0 saturated carbocycles. The molecule has 1 N–H and O–H groups in total. The first-order chi connectivity index (χ1) is 6.56. The van der Waals surface area contributed by atoms with Crippen LogP contribution in [0.2, 0.25) is 0 Å². The molecule has 0 rings (SSSR count). The first-order valence-electron chi connectivity index (χ1n) is 5.39. The molecule has 1 atom stereocenters. The molecule has 0 aromatic heterocycles. The number of hydrogen-bond donors (Lipinski definition) is 1. The fourth-order valence-electron chi connectivity index (χ4n) is 1.44. The van der Waals surface area contributed by atoms with Gasteiger partial charge in [-0.15, -0.1) is 6.42 Å². The van der Waals surface area contributed by atoms with Gasteiger partial charge in [0.15, 0.2) is 0 Å². The van der Waals surface area contributed by atoms with E-state index in [0.717, 1.165) is 32.1 Å². The number of rotatable bonds is 7. The topological polar surface area (TPSA) is 15.3 Å². The summed E-state index contributed by atoms with van der Waals surface area (Å²) in [5, 5.41) is 3.45. The lowest BCUT2D eigenvalue weighted by molar-refractivity contribution is 0.306. The van der Waals surface area contributed by atoms with Gasteiger partial charge in [0.25, 0.3) is 0 Å². The smallest absolute Gasteiger partial charge is 0.0596 e. The zero-order valence-corrected chi connectivity index (χ0v) is 10.0. The third-order valence-electron chi connectivity index (χ3n) is 2.03. The maximum Gasteiger partial charge on any atom is 0.0596 e. The van der Waals surface area contributed by atoms with Gasteiger partial charge >= 0.3 is 0 Å². The van der Waals surface area contributed by atoms with E-state index in [0.29, 0.717) is 5.92 Å². The molecule has 1 unspecified atom stereocenters. The monoisotopic (exact) mass is 196 g/mol. The fourth-order valence-corrected chi connectivity index (χ4v) is 1.44. The fraction of sp³-hybridized carbons (Fsp3) is 0.833. The molecule has 0 aromatic carbocycles. The van der Waals surface area contributed by atoms with Gasteiger partial charge in [-0.05, 0) is 32.0 Å². The van der Waals surface area contributed by atoms with E-state index in [1.807, 2.05) is 0 Å². The first kappa shape index (κ1) is 13.5. The van der Waals surface area contributed by atoms with Crippen molar-refractivity contribution in [2.75, 3.05) is 33.2 Å². The quantitative estimate of drug-likeness (QED) is 0.620. The van der Waals surface area contributed by atoms with Crippen molar-refractivity contribution in [3.8, 4) is 12.3 Å². The number of nitrogens with one attached hydrogen (secondary N) is 1. The molecule has 0 spiro atoms. The maximum absolute atomic E-state index is 5.24. The molecule has 0 aliphatic heterocycles. The zero-order chi connectivity index (χ0) is 11.0. The molecule has 0 aliphatic carbocycles. The van der Waals surface area contributed by atoms with E-state index in [4.69, 9.17) is 6.42 Å². The molecule has 0 bridgehead atoms. The van der Waals surface area contributed by atoms with Crippen LogP contribution in [0.15, 0.2) is 0 Å². The lowest BCUT2D eigenvalue weighted by Crippen LogP contribution is -2.32. The molecular formula is C12H24N2. The highest BCUT2D eigenvalue weighted by atomic mass is 15.1. The normalized spacial score (nSPS) is 13.2. The van der Waals surface area contributed by atoms with Crippen molar-refractivity contribution in [3.05, 3.63) is 0 Å². The Morgan fingerprint density at radius 1 is 1.29 bits per heavy atom. The van der Waals surface area contributed by atoms with Crippen LogP contribution in [0.25, 0.3) is 0 Å². The van der Waals surface area contributed by atoms with Gasteiger partial charge in [-0.1, -0.05) is 26.7 Å². The molecule has 0 heterocycles. The van der Waals surface area contributed by atoms with Crippen molar-refractivity contribution in [3.63, 3.8) is 0 Å². The average molecular weight is 196 g/mol. The van der Waals surface area contributed by atoms with E-state index in [1.54, 1.807) is 0 Å². The highest BCUT2D eigenvalue weighted by molar-refractivity contribution is 4.87. The van der Waals surface area contributed by atoms with E-state index in [9.17, 15) is 0 Å². The molecule has 2 heteroatoms. The summed E-state index contributed by atoms with van der Waals surface area (Å²) in [5.74, 6) is 4.04. The molecule has 0 radical (unpaired) electrons. The zero-order valence-electron chi connectivity index (χ0n) is 10.0. The maximum atomic E-state index is 5.24. The summed E-state index contributed by atoms with van der Waals surface area (Å²) in [5.41, 5.74) is 0. The number of hydrogen-bond acceptors (Lipinski definition) is 2. The van der Waals surface area contributed by atoms with Crippen LogP contribution in [0.5, 0.6) is 0 Å². The van der Waals surface area contributed by atoms with Crippen LogP contribution in [0.4, 0.5) is 0 Å². The third kappa shape index (κ3) is 8.10. The molecule has 0 aliphatic rings. The Morgan fingerprint density at radius 3 is 2.43 bits per heavy atom. The Bertz CT molecular complexity index is 170. The molecule has 82 valence electrons. The highest BCUT2D eigenvalue weighted by Gasteiger charge is 2.05.